The number of methoxy groups -OCH3 is 2. The molecule has 0 atom stereocenters. The number of H-pyrrole nitrogens is 1. The van der Waals surface area contributed by atoms with Crippen LogP contribution in [0.4, 0.5) is 0 Å². The lowest BCUT2D eigenvalue weighted by Crippen LogP contribution is -2.38. The van der Waals surface area contributed by atoms with Crippen molar-refractivity contribution in [3.8, 4) is 11.5 Å². The van der Waals surface area contributed by atoms with E-state index in [-0.39, 0.29) is 24.1 Å². The van der Waals surface area contributed by atoms with Gasteiger partial charge < -0.3 is 19.4 Å². The first-order valence-corrected chi connectivity index (χ1v) is 9.08. The average molecular weight is 380 g/mol. The number of pyridine rings is 1. The van der Waals surface area contributed by atoms with E-state index in [1.807, 2.05) is 26.0 Å². The molecule has 0 saturated carbocycles. The van der Waals surface area contributed by atoms with E-state index in [1.54, 1.807) is 55.5 Å². The van der Waals surface area contributed by atoms with E-state index < -0.39 is 0 Å². The zero-order valence-corrected chi connectivity index (χ0v) is 16.5. The first-order chi connectivity index (χ1) is 13.4. The predicted molar refractivity (Wildman–Crippen MR) is 109 cm³/mol. The molecule has 0 aliphatic rings. The third-order valence-electron chi connectivity index (χ3n) is 4.67. The first kappa shape index (κ1) is 19.5. The molecule has 6 heteroatoms. The van der Waals surface area contributed by atoms with Crippen LogP contribution in [-0.4, -0.2) is 36.1 Å². The maximum atomic E-state index is 13.1. The minimum absolute atomic E-state index is 0.0842. The molecular formula is C22H24N2O4. The fourth-order valence-electron chi connectivity index (χ4n) is 3.07. The van der Waals surface area contributed by atoms with Gasteiger partial charge in [0, 0.05) is 28.1 Å². The molecule has 1 amide bonds. The molecule has 6 nitrogen and oxygen atoms in total. The van der Waals surface area contributed by atoms with Crippen molar-refractivity contribution in [3.63, 3.8) is 0 Å². The Morgan fingerprint density at radius 1 is 1.04 bits per heavy atom. The van der Waals surface area contributed by atoms with Gasteiger partial charge in [0.05, 0.1) is 20.8 Å². The van der Waals surface area contributed by atoms with E-state index in [4.69, 9.17) is 9.47 Å². The molecule has 3 aromatic rings. The zero-order valence-electron chi connectivity index (χ0n) is 16.5. The highest BCUT2D eigenvalue weighted by Gasteiger charge is 2.21. The Morgan fingerprint density at radius 2 is 1.75 bits per heavy atom. The molecule has 0 spiro atoms. The van der Waals surface area contributed by atoms with Gasteiger partial charge in [-0.2, -0.15) is 0 Å². The second-order valence-corrected chi connectivity index (χ2v) is 6.84. The van der Waals surface area contributed by atoms with Gasteiger partial charge in [-0.15, -0.1) is 0 Å². The van der Waals surface area contributed by atoms with Crippen LogP contribution >= 0.6 is 0 Å². The van der Waals surface area contributed by atoms with Gasteiger partial charge in [-0.3, -0.25) is 9.59 Å². The summed E-state index contributed by atoms with van der Waals surface area (Å²) in [4.78, 5) is 30.2. The molecular weight excluding hydrogens is 356 g/mol. The van der Waals surface area contributed by atoms with Gasteiger partial charge in [0.1, 0.15) is 11.5 Å². The van der Waals surface area contributed by atoms with Crippen molar-refractivity contribution in [3.05, 3.63) is 70.0 Å². The Kier molecular flexibility index (Phi) is 5.68. The smallest absolute Gasteiger partial charge is 0.254 e. The molecule has 1 N–H and O–H groups in total. The summed E-state index contributed by atoms with van der Waals surface area (Å²) in [5.41, 5.74) is 1.56. The number of fused-ring (bicyclic) bond motifs is 1. The summed E-state index contributed by atoms with van der Waals surface area (Å²) < 4.78 is 10.5. The minimum Gasteiger partial charge on any atom is -0.497 e. The second-order valence-electron chi connectivity index (χ2n) is 6.84. The van der Waals surface area contributed by atoms with Crippen LogP contribution in [0.3, 0.4) is 0 Å². The lowest BCUT2D eigenvalue weighted by Gasteiger charge is -2.27. The van der Waals surface area contributed by atoms with E-state index in [2.05, 4.69) is 4.98 Å². The lowest BCUT2D eigenvalue weighted by atomic mass is 10.1. The van der Waals surface area contributed by atoms with Crippen LogP contribution in [0.15, 0.2) is 53.3 Å². The Morgan fingerprint density at radius 3 is 2.43 bits per heavy atom. The van der Waals surface area contributed by atoms with Gasteiger partial charge in [0.25, 0.3) is 11.5 Å². The highest BCUT2D eigenvalue weighted by molar-refractivity contribution is 5.94. The molecule has 0 saturated heterocycles. The summed E-state index contributed by atoms with van der Waals surface area (Å²) >= 11 is 0. The van der Waals surface area contributed by atoms with Crippen molar-refractivity contribution in [2.75, 3.05) is 14.2 Å². The maximum absolute atomic E-state index is 13.1. The third kappa shape index (κ3) is 4.01. The number of aromatic nitrogens is 1. The number of rotatable bonds is 6. The average Bonchev–Trinajstić information content (AvgIpc) is 2.71. The van der Waals surface area contributed by atoms with E-state index in [9.17, 15) is 9.59 Å². The largest absolute Gasteiger partial charge is 0.497 e. The van der Waals surface area contributed by atoms with Crippen LogP contribution in [0.1, 0.15) is 29.8 Å². The SMILES string of the molecule is COc1cccc(C(=O)N(Cc2cc3cc(OC)ccc3[nH]c2=O)C(C)C)c1. The van der Waals surface area contributed by atoms with Crippen molar-refractivity contribution in [2.24, 2.45) is 0 Å². The van der Waals surface area contributed by atoms with Crippen LogP contribution in [0.5, 0.6) is 11.5 Å². The van der Waals surface area contributed by atoms with Gasteiger partial charge in [0.15, 0.2) is 0 Å². The van der Waals surface area contributed by atoms with Crippen molar-refractivity contribution in [1.82, 2.24) is 9.88 Å². The summed E-state index contributed by atoms with van der Waals surface area (Å²) in [6.07, 6.45) is 0. The molecule has 0 aliphatic carbocycles. The molecule has 2 aromatic carbocycles. The molecule has 1 aromatic heterocycles. The Hall–Kier alpha value is -3.28. The third-order valence-corrected chi connectivity index (χ3v) is 4.67. The van der Waals surface area contributed by atoms with Gasteiger partial charge in [0.2, 0.25) is 0 Å². The van der Waals surface area contributed by atoms with Crippen molar-refractivity contribution in [1.29, 1.82) is 0 Å². The van der Waals surface area contributed by atoms with Crippen LogP contribution in [0.25, 0.3) is 10.9 Å². The Bertz CT molecular complexity index is 1060. The zero-order chi connectivity index (χ0) is 20.3. The highest BCUT2D eigenvalue weighted by atomic mass is 16.5. The van der Waals surface area contributed by atoms with Crippen LogP contribution in [0.2, 0.25) is 0 Å². The number of amides is 1. The van der Waals surface area contributed by atoms with Crippen molar-refractivity contribution < 1.29 is 14.3 Å². The summed E-state index contributed by atoms with van der Waals surface area (Å²) in [6.45, 7) is 4.06. The summed E-state index contributed by atoms with van der Waals surface area (Å²) in [5, 5.41) is 0.853. The molecule has 0 bridgehead atoms. The molecule has 1 heterocycles. The van der Waals surface area contributed by atoms with E-state index >= 15 is 0 Å². The monoisotopic (exact) mass is 380 g/mol. The van der Waals surface area contributed by atoms with Gasteiger partial charge in [-0.05, 0) is 56.3 Å². The van der Waals surface area contributed by atoms with Crippen molar-refractivity contribution in [2.45, 2.75) is 26.4 Å². The van der Waals surface area contributed by atoms with Gasteiger partial charge in [-0.25, -0.2) is 0 Å². The molecule has 0 fully saturated rings. The molecule has 0 aliphatic heterocycles. The topological polar surface area (TPSA) is 71.6 Å². The minimum atomic E-state index is -0.207. The molecule has 146 valence electrons. The number of hydrogen-bond acceptors (Lipinski definition) is 4. The summed E-state index contributed by atoms with van der Waals surface area (Å²) in [6, 6.07) is 14.2. The van der Waals surface area contributed by atoms with E-state index in [0.717, 1.165) is 10.9 Å². The number of benzene rings is 2. The number of nitrogens with one attached hydrogen (secondary N) is 1. The summed E-state index contributed by atoms with van der Waals surface area (Å²) in [7, 11) is 3.16. The molecule has 0 unspecified atom stereocenters. The van der Waals surface area contributed by atoms with Crippen LogP contribution < -0.4 is 15.0 Å². The van der Waals surface area contributed by atoms with Gasteiger partial charge >= 0.3 is 0 Å². The molecule has 28 heavy (non-hydrogen) atoms. The number of carbonyl (C=O) groups is 1. The quantitative estimate of drug-likeness (QED) is 0.709. The normalized spacial score (nSPS) is 10.9. The second kappa shape index (κ2) is 8.17. The van der Waals surface area contributed by atoms with Gasteiger partial charge in [-0.1, -0.05) is 6.07 Å². The Labute approximate surface area is 163 Å². The number of aromatic amines is 1. The van der Waals surface area contributed by atoms with E-state index in [1.165, 1.54) is 0 Å². The predicted octanol–water partition coefficient (Wildman–Crippen LogP) is 3.60. The fourth-order valence-corrected chi connectivity index (χ4v) is 3.07. The van der Waals surface area contributed by atoms with Crippen LogP contribution in [-0.2, 0) is 6.54 Å². The van der Waals surface area contributed by atoms with Crippen molar-refractivity contribution >= 4 is 16.8 Å². The highest BCUT2D eigenvalue weighted by Crippen LogP contribution is 2.21. The number of ether oxygens (including phenoxy) is 2. The lowest BCUT2D eigenvalue weighted by molar-refractivity contribution is 0.0689. The first-order valence-electron chi connectivity index (χ1n) is 9.08. The standard InChI is InChI=1S/C22H24N2O4/c1-14(2)24(22(26)15-6-5-7-18(11-15)27-3)13-17-10-16-12-19(28-4)8-9-20(16)23-21(17)25/h5-12,14H,13H2,1-4H3,(H,23,25). The molecule has 3 rings (SSSR count). The fraction of sp³-hybridized carbons (Fsp3) is 0.273. The number of nitrogens with zero attached hydrogens (tertiary/aromatic N) is 1. The Balaban J connectivity index is 1.96. The summed E-state index contributed by atoms with van der Waals surface area (Å²) in [5.74, 6) is 1.17. The number of carbonyl (C=O) groups excluding carboxylic acids is 1. The number of hydrogen-bond donors (Lipinski definition) is 1. The molecule has 0 radical (unpaired) electrons. The maximum Gasteiger partial charge on any atom is 0.254 e. The van der Waals surface area contributed by atoms with E-state index in [0.29, 0.717) is 22.6 Å². The van der Waals surface area contributed by atoms with Crippen LogP contribution in [0, 0.1) is 0 Å².